The monoisotopic (exact) mass is 398 g/mol. The fourth-order valence-electron chi connectivity index (χ4n) is 2.97. The van der Waals surface area contributed by atoms with Gasteiger partial charge in [0, 0.05) is 32.2 Å². The maximum Gasteiger partial charge on any atom is 0.407 e. The first-order chi connectivity index (χ1) is 14.2. The Kier molecular flexibility index (Phi) is 7.62. The first-order valence-corrected chi connectivity index (χ1v) is 9.73. The minimum absolute atomic E-state index is 0.141. The van der Waals surface area contributed by atoms with Gasteiger partial charge in [0.2, 0.25) is 5.91 Å². The lowest BCUT2D eigenvalue weighted by molar-refractivity contribution is -0.120. The zero-order valence-corrected chi connectivity index (χ0v) is 16.3. The Bertz CT molecular complexity index is 796. The summed E-state index contributed by atoms with van der Waals surface area (Å²) in [4.78, 5) is 25.7. The maximum absolute atomic E-state index is 11.8. The summed E-state index contributed by atoms with van der Waals surface area (Å²) >= 11 is 0. The Labute approximate surface area is 169 Å². The molecule has 1 aromatic carbocycles. The second-order valence-electron chi connectivity index (χ2n) is 6.69. The summed E-state index contributed by atoms with van der Waals surface area (Å²) < 4.78 is 5.05. The lowest BCUT2D eigenvalue weighted by Gasteiger charge is -2.17. The number of nitrogens with zero attached hydrogens (tertiary/aromatic N) is 3. The molecule has 154 valence electrons. The summed E-state index contributed by atoms with van der Waals surface area (Å²) in [5, 5.41) is 16.4. The van der Waals surface area contributed by atoms with Gasteiger partial charge < -0.3 is 25.6 Å². The molecular formula is C20H26N6O3. The number of rotatable bonds is 9. The highest BCUT2D eigenvalue weighted by atomic mass is 16.5. The van der Waals surface area contributed by atoms with E-state index < -0.39 is 6.09 Å². The van der Waals surface area contributed by atoms with E-state index >= 15 is 0 Å². The van der Waals surface area contributed by atoms with Gasteiger partial charge in [-0.15, -0.1) is 5.10 Å². The van der Waals surface area contributed by atoms with E-state index in [9.17, 15) is 9.59 Å². The average Bonchev–Trinajstić information content (AvgIpc) is 3.30. The number of anilines is 2. The van der Waals surface area contributed by atoms with Crippen molar-refractivity contribution in [2.24, 2.45) is 0 Å². The largest absolute Gasteiger partial charge is 0.445 e. The molecule has 29 heavy (non-hydrogen) atoms. The van der Waals surface area contributed by atoms with Crippen molar-refractivity contribution in [3.63, 3.8) is 0 Å². The second kappa shape index (κ2) is 10.8. The molecule has 0 saturated carbocycles. The van der Waals surface area contributed by atoms with Crippen molar-refractivity contribution in [1.29, 1.82) is 0 Å². The van der Waals surface area contributed by atoms with Gasteiger partial charge in [0.05, 0.1) is 18.4 Å². The molecule has 3 rings (SSSR count). The van der Waals surface area contributed by atoms with E-state index in [0.717, 1.165) is 24.3 Å². The number of benzene rings is 1. The van der Waals surface area contributed by atoms with Crippen LogP contribution in [0.15, 0.2) is 42.6 Å². The van der Waals surface area contributed by atoms with Crippen LogP contribution in [0.4, 0.5) is 16.3 Å². The zero-order valence-electron chi connectivity index (χ0n) is 16.3. The molecule has 1 aliphatic heterocycles. The number of carbonyl (C=O) groups is 2. The van der Waals surface area contributed by atoms with Gasteiger partial charge in [-0.2, -0.15) is 5.10 Å². The predicted molar refractivity (Wildman–Crippen MR) is 110 cm³/mol. The van der Waals surface area contributed by atoms with Crippen molar-refractivity contribution in [1.82, 2.24) is 20.8 Å². The molecule has 1 aromatic heterocycles. The van der Waals surface area contributed by atoms with Crippen molar-refractivity contribution >= 4 is 23.5 Å². The molecule has 0 aliphatic carbocycles. The predicted octanol–water partition coefficient (Wildman–Crippen LogP) is 1.53. The van der Waals surface area contributed by atoms with Crippen LogP contribution in [-0.2, 0) is 16.1 Å². The van der Waals surface area contributed by atoms with Gasteiger partial charge >= 0.3 is 6.09 Å². The van der Waals surface area contributed by atoms with Crippen LogP contribution in [0.3, 0.4) is 0 Å². The Balaban J connectivity index is 1.28. The summed E-state index contributed by atoms with van der Waals surface area (Å²) in [6.45, 7) is 3.01. The molecule has 2 heterocycles. The summed E-state index contributed by atoms with van der Waals surface area (Å²) in [7, 11) is 0. The Morgan fingerprint density at radius 3 is 2.66 bits per heavy atom. The minimum Gasteiger partial charge on any atom is -0.445 e. The van der Waals surface area contributed by atoms with Crippen LogP contribution in [-0.4, -0.2) is 54.9 Å². The smallest absolute Gasteiger partial charge is 0.407 e. The number of nitrogens with one attached hydrogen (secondary N) is 3. The van der Waals surface area contributed by atoms with Crippen molar-refractivity contribution in [2.75, 3.05) is 42.9 Å². The average molecular weight is 398 g/mol. The van der Waals surface area contributed by atoms with Crippen molar-refractivity contribution in [3.05, 3.63) is 48.2 Å². The van der Waals surface area contributed by atoms with Gasteiger partial charge in [-0.1, -0.05) is 30.3 Å². The maximum atomic E-state index is 11.8. The molecule has 0 atom stereocenters. The van der Waals surface area contributed by atoms with Gasteiger partial charge in [-0.05, 0) is 18.4 Å². The number of amides is 2. The lowest BCUT2D eigenvalue weighted by atomic mass is 10.2. The molecule has 0 radical (unpaired) electrons. The van der Waals surface area contributed by atoms with E-state index in [1.165, 1.54) is 12.8 Å². The Morgan fingerprint density at radius 2 is 1.86 bits per heavy atom. The lowest BCUT2D eigenvalue weighted by Crippen LogP contribution is -2.38. The standard InChI is InChI=1S/C20H26N6O3/c27-19(14-23-20(28)29-15-16-6-2-1-3-7-16)22-9-8-21-18-12-17(13-24-25-18)26-10-4-5-11-26/h1-3,6-7,12-13H,4-5,8-11,14-15H2,(H,21,25)(H,22,27)(H,23,28). The highest BCUT2D eigenvalue weighted by Crippen LogP contribution is 2.20. The highest BCUT2D eigenvalue weighted by molar-refractivity contribution is 5.82. The third-order valence-corrected chi connectivity index (χ3v) is 4.47. The van der Waals surface area contributed by atoms with Gasteiger partial charge in [0.25, 0.3) is 0 Å². The molecule has 1 saturated heterocycles. The topological polar surface area (TPSA) is 108 Å². The zero-order chi connectivity index (χ0) is 20.3. The van der Waals surface area contributed by atoms with Crippen LogP contribution in [0.2, 0.25) is 0 Å². The number of hydrogen-bond donors (Lipinski definition) is 3. The van der Waals surface area contributed by atoms with Crippen LogP contribution in [0.25, 0.3) is 0 Å². The van der Waals surface area contributed by atoms with Crippen LogP contribution >= 0.6 is 0 Å². The molecule has 9 heteroatoms. The van der Waals surface area contributed by atoms with Crippen molar-refractivity contribution < 1.29 is 14.3 Å². The van der Waals surface area contributed by atoms with Gasteiger partial charge in [-0.25, -0.2) is 4.79 Å². The first kappa shape index (κ1) is 20.4. The molecule has 3 N–H and O–H groups in total. The normalized spacial score (nSPS) is 13.0. The Morgan fingerprint density at radius 1 is 1.07 bits per heavy atom. The molecule has 1 fully saturated rings. The fraction of sp³-hybridized carbons (Fsp3) is 0.400. The van der Waals surface area contributed by atoms with E-state index in [4.69, 9.17) is 4.74 Å². The van der Waals surface area contributed by atoms with Crippen LogP contribution < -0.4 is 20.9 Å². The second-order valence-corrected chi connectivity index (χ2v) is 6.69. The molecule has 0 unspecified atom stereocenters. The Hall–Kier alpha value is -3.36. The minimum atomic E-state index is -0.629. The molecule has 9 nitrogen and oxygen atoms in total. The van der Waals surface area contributed by atoms with Crippen LogP contribution in [0.5, 0.6) is 0 Å². The SMILES string of the molecule is O=C(CNC(=O)OCc1ccccc1)NCCNc1cc(N2CCCC2)cnn1. The quantitative estimate of drug-likeness (QED) is 0.550. The number of aromatic nitrogens is 2. The van der Waals surface area contributed by atoms with E-state index in [-0.39, 0.29) is 19.1 Å². The summed E-state index contributed by atoms with van der Waals surface area (Å²) in [6, 6.07) is 11.3. The van der Waals surface area contributed by atoms with Gasteiger partial charge in [0.1, 0.15) is 6.61 Å². The molecular weight excluding hydrogens is 372 g/mol. The van der Waals surface area contributed by atoms with E-state index in [1.807, 2.05) is 36.4 Å². The van der Waals surface area contributed by atoms with Gasteiger partial charge in [-0.3, -0.25) is 4.79 Å². The van der Waals surface area contributed by atoms with Crippen LogP contribution in [0, 0.1) is 0 Å². The molecule has 0 bridgehead atoms. The number of alkyl carbamates (subject to hydrolysis) is 1. The van der Waals surface area contributed by atoms with Crippen molar-refractivity contribution in [2.45, 2.75) is 19.4 Å². The summed E-state index contributed by atoms with van der Waals surface area (Å²) in [6.07, 6.45) is 3.53. The highest BCUT2D eigenvalue weighted by Gasteiger charge is 2.13. The third kappa shape index (κ3) is 6.95. The first-order valence-electron chi connectivity index (χ1n) is 9.73. The van der Waals surface area contributed by atoms with Crippen molar-refractivity contribution in [3.8, 4) is 0 Å². The van der Waals surface area contributed by atoms with Crippen LogP contribution in [0.1, 0.15) is 18.4 Å². The summed E-state index contributed by atoms with van der Waals surface area (Å²) in [5.41, 5.74) is 1.94. The molecule has 1 aliphatic rings. The fourth-order valence-corrected chi connectivity index (χ4v) is 2.97. The van der Waals surface area contributed by atoms with E-state index in [0.29, 0.717) is 18.9 Å². The van der Waals surface area contributed by atoms with E-state index in [2.05, 4.69) is 31.0 Å². The van der Waals surface area contributed by atoms with E-state index in [1.54, 1.807) is 6.20 Å². The van der Waals surface area contributed by atoms with Gasteiger partial charge in [0.15, 0.2) is 5.82 Å². The number of hydrogen-bond acceptors (Lipinski definition) is 7. The molecule has 0 spiro atoms. The molecule has 2 amide bonds. The summed E-state index contributed by atoms with van der Waals surface area (Å²) in [5.74, 6) is 0.381. The number of ether oxygens (including phenoxy) is 1. The molecule has 2 aromatic rings. The third-order valence-electron chi connectivity index (χ3n) is 4.47. The number of carbonyl (C=O) groups excluding carboxylic acids is 2.